The normalized spacial score (nSPS) is 19.5. The highest BCUT2D eigenvalue weighted by Crippen LogP contribution is 2.10. The van der Waals surface area contributed by atoms with Crippen LogP contribution in [0.25, 0.3) is 0 Å². The Morgan fingerprint density at radius 1 is 1.22 bits per heavy atom. The van der Waals surface area contributed by atoms with Crippen LogP contribution in [0.2, 0.25) is 0 Å². The van der Waals surface area contributed by atoms with Crippen LogP contribution < -0.4 is 11.1 Å². The summed E-state index contributed by atoms with van der Waals surface area (Å²) in [4.78, 5) is 16.7. The average Bonchev–Trinajstić information content (AvgIpc) is 2.48. The van der Waals surface area contributed by atoms with Gasteiger partial charge in [0, 0.05) is 32.2 Å². The molecule has 1 amide bonds. The van der Waals surface area contributed by atoms with Gasteiger partial charge in [-0.15, -0.1) is 37.2 Å². The van der Waals surface area contributed by atoms with Gasteiger partial charge in [-0.3, -0.25) is 9.69 Å². The molecule has 1 aliphatic rings. The van der Waals surface area contributed by atoms with Crippen LogP contribution in [0, 0.1) is 0 Å². The van der Waals surface area contributed by atoms with E-state index in [1.54, 1.807) is 0 Å². The van der Waals surface area contributed by atoms with Gasteiger partial charge in [0.25, 0.3) is 0 Å². The number of carbonyl (C=O) groups excluding carboxylic acids is 1. The number of hydrogen-bond donors (Lipinski definition) is 2. The van der Waals surface area contributed by atoms with E-state index in [9.17, 15) is 4.79 Å². The van der Waals surface area contributed by atoms with Gasteiger partial charge in [-0.1, -0.05) is 30.3 Å². The van der Waals surface area contributed by atoms with Crippen LogP contribution in [0.15, 0.2) is 30.3 Å². The number of halogens is 3. The van der Waals surface area contributed by atoms with E-state index in [0.717, 1.165) is 25.2 Å². The molecule has 1 aliphatic heterocycles. The lowest BCUT2D eigenvalue weighted by Gasteiger charge is -2.37. The second-order valence-corrected chi connectivity index (χ2v) is 5.53. The number of piperazine rings is 1. The topological polar surface area (TPSA) is 61.6 Å². The number of carbonyl (C=O) groups is 1. The molecule has 1 fully saturated rings. The summed E-state index contributed by atoms with van der Waals surface area (Å²) in [6.45, 7) is 3.71. The quantitative estimate of drug-likeness (QED) is 0.820. The lowest BCUT2D eigenvalue weighted by atomic mass is 10.1. The lowest BCUT2D eigenvalue weighted by Crippen LogP contribution is -2.54. The lowest BCUT2D eigenvalue weighted by molar-refractivity contribution is -0.122. The van der Waals surface area contributed by atoms with Gasteiger partial charge in [-0.25, -0.2) is 0 Å². The predicted octanol–water partition coefficient (Wildman–Crippen LogP) is 1.31. The van der Waals surface area contributed by atoms with Crippen molar-refractivity contribution in [3.8, 4) is 0 Å². The number of nitrogens with zero attached hydrogens (tertiary/aromatic N) is 2. The summed E-state index contributed by atoms with van der Waals surface area (Å²) in [5.74, 6) is -0.113. The number of benzene rings is 1. The Morgan fingerprint density at radius 2 is 1.83 bits per heavy atom. The number of hydrogen-bond acceptors (Lipinski definition) is 4. The Bertz CT molecular complexity index is 450. The molecule has 1 heterocycles. The zero-order chi connectivity index (χ0) is 14.5. The first kappa shape index (κ1) is 24.7. The van der Waals surface area contributed by atoms with Crippen molar-refractivity contribution in [2.75, 3.05) is 40.3 Å². The van der Waals surface area contributed by atoms with E-state index >= 15 is 0 Å². The third-order valence-corrected chi connectivity index (χ3v) is 3.93. The summed E-state index contributed by atoms with van der Waals surface area (Å²) >= 11 is 0. The molecule has 0 bridgehead atoms. The molecule has 0 aliphatic carbocycles. The zero-order valence-electron chi connectivity index (χ0n) is 13.5. The van der Waals surface area contributed by atoms with E-state index in [-0.39, 0.29) is 43.1 Å². The van der Waals surface area contributed by atoms with Crippen LogP contribution in [-0.2, 0) is 4.79 Å². The maximum absolute atomic E-state index is 12.1. The van der Waals surface area contributed by atoms with Gasteiger partial charge in [0.2, 0.25) is 5.91 Å². The Hall–Kier alpha value is -0.560. The maximum Gasteiger partial charge on any atom is 0.241 e. The SMILES string of the molecule is CN1CCN(C)C(CNC(=O)C(N)c2ccccc2)C1.Cl.Cl.Cl. The monoisotopic (exact) mass is 384 g/mol. The van der Waals surface area contributed by atoms with Gasteiger partial charge >= 0.3 is 0 Å². The molecule has 2 unspecified atom stereocenters. The minimum absolute atomic E-state index is 0. The number of rotatable bonds is 4. The van der Waals surface area contributed by atoms with Crippen LogP contribution in [-0.4, -0.2) is 62.0 Å². The summed E-state index contributed by atoms with van der Waals surface area (Å²) in [5.41, 5.74) is 6.83. The fourth-order valence-electron chi connectivity index (χ4n) is 2.46. The van der Waals surface area contributed by atoms with Gasteiger partial charge in [-0.2, -0.15) is 0 Å². The molecular formula is C15H27Cl3N4O. The molecule has 23 heavy (non-hydrogen) atoms. The Balaban J connectivity index is 0. The first-order valence-electron chi connectivity index (χ1n) is 7.05. The fraction of sp³-hybridized carbons (Fsp3) is 0.533. The molecule has 0 saturated carbocycles. The van der Waals surface area contributed by atoms with Crippen LogP contribution in [0.1, 0.15) is 11.6 Å². The molecule has 1 aromatic carbocycles. The van der Waals surface area contributed by atoms with Crippen molar-refractivity contribution in [3.05, 3.63) is 35.9 Å². The number of nitrogens with one attached hydrogen (secondary N) is 1. The average molecular weight is 386 g/mol. The van der Waals surface area contributed by atoms with Crippen molar-refractivity contribution in [3.63, 3.8) is 0 Å². The molecule has 8 heteroatoms. The molecule has 134 valence electrons. The standard InChI is InChI=1S/C15H24N4O.3ClH/c1-18-8-9-19(2)13(11-18)10-17-15(20)14(16)12-6-4-3-5-7-12;;;/h3-7,13-14H,8-11,16H2,1-2H3,(H,17,20);3*1H. The molecule has 0 aromatic heterocycles. The summed E-state index contributed by atoms with van der Waals surface area (Å²) in [6, 6.07) is 9.22. The highest BCUT2D eigenvalue weighted by molar-refractivity contribution is 5.86. The van der Waals surface area contributed by atoms with Crippen molar-refractivity contribution in [2.45, 2.75) is 12.1 Å². The van der Waals surface area contributed by atoms with Crippen LogP contribution in [0.5, 0.6) is 0 Å². The minimum atomic E-state index is -0.595. The van der Waals surface area contributed by atoms with Crippen molar-refractivity contribution in [1.29, 1.82) is 0 Å². The molecule has 1 aromatic rings. The summed E-state index contributed by atoms with van der Waals surface area (Å²) < 4.78 is 0. The van der Waals surface area contributed by atoms with Gasteiger partial charge in [-0.05, 0) is 19.7 Å². The van der Waals surface area contributed by atoms with Crippen LogP contribution >= 0.6 is 37.2 Å². The highest BCUT2D eigenvalue weighted by Gasteiger charge is 2.23. The Morgan fingerprint density at radius 3 is 2.43 bits per heavy atom. The first-order valence-corrected chi connectivity index (χ1v) is 7.05. The van der Waals surface area contributed by atoms with E-state index in [4.69, 9.17) is 5.73 Å². The van der Waals surface area contributed by atoms with E-state index in [1.165, 1.54) is 0 Å². The first-order chi connectivity index (χ1) is 9.58. The van der Waals surface area contributed by atoms with Gasteiger partial charge < -0.3 is 16.0 Å². The number of likely N-dealkylation sites (N-methyl/N-ethyl adjacent to an activating group) is 2. The van der Waals surface area contributed by atoms with E-state index < -0.39 is 6.04 Å². The predicted molar refractivity (Wildman–Crippen MR) is 102 cm³/mol. The molecule has 3 N–H and O–H groups in total. The molecule has 0 spiro atoms. The second kappa shape index (κ2) is 11.9. The molecule has 2 atom stereocenters. The van der Waals surface area contributed by atoms with E-state index in [0.29, 0.717) is 12.6 Å². The number of nitrogens with two attached hydrogens (primary N) is 1. The Kier molecular flexibility index (Phi) is 12.8. The summed E-state index contributed by atoms with van der Waals surface area (Å²) in [5, 5.41) is 2.97. The summed E-state index contributed by atoms with van der Waals surface area (Å²) in [7, 11) is 4.21. The van der Waals surface area contributed by atoms with E-state index in [2.05, 4.69) is 29.2 Å². The molecule has 0 radical (unpaired) electrons. The van der Waals surface area contributed by atoms with Crippen molar-refractivity contribution >= 4 is 43.1 Å². The largest absolute Gasteiger partial charge is 0.353 e. The van der Waals surface area contributed by atoms with Gasteiger partial charge in [0.15, 0.2) is 0 Å². The third-order valence-electron chi connectivity index (χ3n) is 3.93. The van der Waals surface area contributed by atoms with Gasteiger partial charge in [0.1, 0.15) is 6.04 Å². The molecule has 2 rings (SSSR count). The van der Waals surface area contributed by atoms with Crippen molar-refractivity contribution in [1.82, 2.24) is 15.1 Å². The third kappa shape index (κ3) is 7.25. The van der Waals surface area contributed by atoms with Gasteiger partial charge in [0.05, 0.1) is 0 Å². The molecular weight excluding hydrogens is 359 g/mol. The zero-order valence-corrected chi connectivity index (χ0v) is 15.9. The van der Waals surface area contributed by atoms with Crippen LogP contribution in [0.3, 0.4) is 0 Å². The Labute approximate surface area is 157 Å². The second-order valence-electron chi connectivity index (χ2n) is 5.53. The number of amides is 1. The van der Waals surface area contributed by atoms with Crippen molar-refractivity contribution < 1.29 is 4.79 Å². The van der Waals surface area contributed by atoms with Crippen molar-refractivity contribution in [2.24, 2.45) is 5.73 Å². The van der Waals surface area contributed by atoms with Crippen LogP contribution in [0.4, 0.5) is 0 Å². The highest BCUT2D eigenvalue weighted by atomic mass is 35.5. The fourth-order valence-corrected chi connectivity index (χ4v) is 2.46. The minimum Gasteiger partial charge on any atom is -0.353 e. The van der Waals surface area contributed by atoms with E-state index in [1.807, 2.05) is 30.3 Å². The molecule has 1 saturated heterocycles. The summed E-state index contributed by atoms with van der Waals surface area (Å²) in [6.07, 6.45) is 0. The smallest absolute Gasteiger partial charge is 0.241 e. The maximum atomic E-state index is 12.1. The molecule has 5 nitrogen and oxygen atoms in total.